The molecule has 7 aromatic rings. The van der Waals surface area contributed by atoms with Gasteiger partial charge in [0.2, 0.25) is 0 Å². The summed E-state index contributed by atoms with van der Waals surface area (Å²) >= 11 is 0. The quantitative estimate of drug-likeness (QED) is 0.203. The van der Waals surface area contributed by atoms with Gasteiger partial charge in [0.25, 0.3) is 0 Å². The number of pyridine rings is 3. The molecule has 0 aliphatic heterocycles. The van der Waals surface area contributed by atoms with E-state index < -0.39 is 0 Å². The number of benzene rings is 2. The van der Waals surface area contributed by atoms with E-state index in [-0.39, 0.29) is 0 Å². The van der Waals surface area contributed by atoms with Crippen molar-refractivity contribution in [2.75, 3.05) is 0 Å². The monoisotopic (exact) mass is 612 g/mol. The van der Waals surface area contributed by atoms with Crippen molar-refractivity contribution < 1.29 is 0 Å². The summed E-state index contributed by atoms with van der Waals surface area (Å²) in [5.74, 6) is 1.06. The summed E-state index contributed by atoms with van der Waals surface area (Å²) in [6.07, 6.45) is 16.4. The Morgan fingerprint density at radius 2 is 1.30 bits per heavy atom. The van der Waals surface area contributed by atoms with Gasteiger partial charge in [0.05, 0.1) is 11.0 Å². The van der Waals surface area contributed by atoms with Crippen LogP contribution in [-0.2, 0) is 32.1 Å². The van der Waals surface area contributed by atoms with E-state index in [1.54, 1.807) is 6.20 Å². The highest BCUT2D eigenvalue weighted by molar-refractivity contribution is 5.79. The minimum atomic E-state index is 0.967. The molecule has 2 N–H and O–H groups in total. The Labute approximate surface area is 274 Å². The van der Waals surface area contributed by atoms with Crippen molar-refractivity contribution in [2.24, 2.45) is 0 Å². The summed E-state index contributed by atoms with van der Waals surface area (Å²) in [5.41, 5.74) is 8.62. The zero-order valence-corrected chi connectivity index (χ0v) is 27.9. The predicted octanol–water partition coefficient (Wildman–Crippen LogP) is 9.79. The maximum Gasteiger partial charge on any atom is 0.106 e. The Morgan fingerprint density at radius 3 is 1.87 bits per heavy atom. The van der Waals surface area contributed by atoms with Gasteiger partial charge in [-0.25, -0.2) is 4.98 Å². The third-order valence-electron chi connectivity index (χ3n) is 7.18. The summed E-state index contributed by atoms with van der Waals surface area (Å²) in [6, 6.07) is 30.8. The standard InChI is InChI=1S/C10H11N.C9H10N2.3C7H9N/c1-2-8-3-4-10-9(7-8)5-6-11-10;1-2-9-10-7-5-3-4-6-8(7)11-9;1-2-7-3-5-8-6-4-7;1-2-7-4-3-5-8-6-7;1-2-7-5-3-4-6-8-7/h3-7,11H,2H2,1H3;3-6H,2H2,1H3,(H,10,11);3*3-6H,2H2,1H3. The number of aromatic nitrogens is 6. The molecule has 0 aliphatic rings. The van der Waals surface area contributed by atoms with Crippen LogP contribution in [-0.4, -0.2) is 29.9 Å². The zero-order valence-electron chi connectivity index (χ0n) is 27.9. The molecule has 0 unspecified atom stereocenters. The molecule has 5 aromatic heterocycles. The van der Waals surface area contributed by atoms with Crippen LogP contribution in [0.4, 0.5) is 0 Å². The normalized spacial score (nSPS) is 9.85. The Balaban J connectivity index is 0.000000158. The Hall–Kier alpha value is -5.10. The number of nitrogens with zero attached hydrogens (tertiary/aromatic N) is 4. The molecule has 238 valence electrons. The molecule has 0 saturated carbocycles. The first kappa shape index (κ1) is 35.4. The maximum absolute atomic E-state index is 4.38. The summed E-state index contributed by atoms with van der Waals surface area (Å²) in [4.78, 5) is 22.7. The van der Waals surface area contributed by atoms with Gasteiger partial charge in [-0.15, -0.1) is 0 Å². The van der Waals surface area contributed by atoms with E-state index in [4.69, 9.17) is 0 Å². The molecule has 6 heteroatoms. The van der Waals surface area contributed by atoms with Crippen LogP contribution in [0.3, 0.4) is 0 Å². The van der Waals surface area contributed by atoms with E-state index >= 15 is 0 Å². The topological polar surface area (TPSA) is 83.1 Å². The SMILES string of the molecule is CCc1ccc2[nH]ccc2c1.CCc1ccccn1.CCc1cccnc1.CCc1ccncc1.CCc1nc2ccccc2[nH]1. The van der Waals surface area contributed by atoms with E-state index in [0.717, 1.165) is 54.7 Å². The van der Waals surface area contributed by atoms with E-state index in [1.807, 2.05) is 91.6 Å². The fourth-order valence-corrected chi connectivity index (χ4v) is 4.33. The number of rotatable bonds is 5. The minimum absolute atomic E-state index is 0.967. The lowest BCUT2D eigenvalue weighted by atomic mass is 10.1. The van der Waals surface area contributed by atoms with Gasteiger partial charge in [0.1, 0.15) is 5.82 Å². The minimum Gasteiger partial charge on any atom is -0.361 e. The molecule has 0 saturated heterocycles. The highest BCUT2D eigenvalue weighted by atomic mass is 14.9. The van der Waals surface area contributed by atoms with Gasteiger partial charge in [-0.1, -0.05) is 65.0 Å². The highest BCUT2D eigenvalue weighted by Crippen LogP contribution is 2.14. The van der Waals surface area contributed by atoms with Gasteiger partial charge in [0, 0.05) is 54.8 Å². The second-order valence-corrected chi connectivity index (χ2v) is 10.4. The second kappa shape index (κ2) is 20.8. The van der Waals surface area contributed by atoms with Gasteiger partial charge >= 0.3 is 0 Å². The molecule has 46 heavy (non-hydrogen) atoms. The molecule has 0 amide bonds. The van der Waals surface area contributed by atoms with Crippen LogP contribution in [0, 0.1) is 0 Å². The Morgan fingerprint density at radius 1 is 0.543 bits per heavy atom. The fourth-order valence-electron chi connectivity index (χ4n) is 4.33. The van der Waals surface area contributed by atoms with E-state index in [9.17, 15) is 0 Å². The van der Waals surface area contributed by atoms with E-state index in [1.165, 1.54) is 27.6 Å². The summed E-state index contributed by atoms with van der Waals surface area (Å²) < 4.78 is 0. The molecule has 5 heterocycles. The van der Waals surface area contributed by atoms with Crippen LogP contribution >= 0.6 is 0 Å². The third-order valence-corrected chi connectivity index (χ3v) is 7.18. The molecule has 0 spiro atoms. The van der Waals surface area contributed by atoms with Crippen LogP contribution in [0.5, 0.6) is 0 Å². The van der Waals surface area contributed by atoms with Crippen molar-refractivity contribution >= 4 is 21.9 Å². The summed E-state index contributed by atoms with van der Waals surface area (Å²) in [6.45, 7) is 10.6. The van der Waals surface area contributed by atoms with Crippen molar-refractivity contribution in [3.05, 3.63) is 156 Å². The van der Waals surface area contributed by atoms with Crippen molar-refractivity contribution in [2.45, 2.75) is 66.7 Å². The predicted molar refractivity (Wildman–Crippen MR) is 194 cm³/mol. The van der Waals surface area contributed by atoms with Gasteiger partial charge < -0.3 is 9.97 Å². The van der Waals surface area contributed by atoms with Gasteiger partial charge in [0.15, 0.2) is 0 Å². The maximum atomic E-state index is 4.38. The van der Waals surface area contributed by atoms with Gasteiger partial charge in [-0.05, 0) is 108 Å². The van der Waals surface area contributed by atoms with Crippen molar-refractivity contribution in [3.63, 3.8) is 0 Å². The molecular weight excluding hydrogens is 564 g/mol. The van der Waals surface area contributed by atoms with Gasteiger partial charge in [-0.2, -0.15) is 0 Å². The zero-order chi connectivity index (χ0) is 32.8. The fraction of sp³-hybridized carbons (Fsp3) is 0.250. The van der Waals surface area contributed by atoms with Crippen LogP contribution in [0.2, 0.25) is 0 Å². The van der Waals surface area contributed by atoms with E-state index in [0.29, 0.717) is 0 Å². The highest BCUT2D eigenvalue weighted by Gasteiger charge is 1.97. The molecule has 2 aromatic carbocycles. The molecule has 0 bridgehead atoms. The van der Waals surface area contributed by atoms with Crippen molar-refractivity contribution in [1.82, 2.24) is 29.9 Å². The largest absolute Gasteiger partial charge is 0.361 e. The summed E-state index contributed by atoms with van der Waals surface area (Å²) in [7, 11) is 0. The lowest BCUT2D eigenvalue weighted by Gasteiger charge is -1.94. The molecule has 7 rings (SSSR count). The summed E-state index contributed by atoms with van der Waals surface area (Å²) in [5, 5.41) is 1.31. The average molecular weight is 613 g/mol. The lowest BCUT2D eigenvalue weighted by molar-refractivity contribution is 1.00. The van der Waals surface area contributed by atoms with Crippen LogP contribution in [0.15, 0.2) is 128 Å². The molecule has 0 fully saturated rings. The molecular formula is C40H48N6. The molecule has 0 aliphatic carbocycles. The second-order valence-electron chi connectivity index (χ2n) is 10.4. The number of para-hydroxylation sites is 2. The molecule has 0 atom stereocenters. The first-order valence-corrected chi connectivity index (χ1v) is 16.3. The lowest BCUT2D eigenvalue weighted by Crippen LogP contribution is -1.81. The number of nitrogens with one attached hydrogen (secondary N) is 2. The Bertz CT molecular complexity index is 1630. The first-order chi connectivity index (χ1) is 22.6. The number of imidazole rings is 1. The number of fused-ring (bicyclic) bond motifs is 2. The number of hydrogen-bond acceptors (Lipinski definition) is 4. The van der Waals surface area contributed by atoms with Crippen LogP contribution in [0.25, 0.3) is 21.9 Å². The molecule has 6 nitrogen and oxygen atoms in total. The number of hydrogen-bond donors (Lipinski definition) is 2. The third kappa shape index (κ3) is 12.5. The molecule has 0 radical (unpaired) electrons. The number of aromatic amines is 2. The average Bonchev–Trinajstić information content (AvgIpc) is 3.80. The smallest absolute Gasteiger partial charge is 0.106 e. The van der Waals surface area contributed by atoms with Crippen molar-refractivity contribution in [3.8, 4) is 0 Å². The first-order valence-electron chi connectivity index (χ1n) is 16.3. The van der Waals surface area contributed by atoms with Gasteiger partial charge in [-0.3, -0.25) is 15.0 Å². The number of aryl methyl sites for hydroxylation is 5. The number of H-pyrrole nitrogens is 2. The Kier molecular flexibility index (Phi) is 16.0. The van der Waals surface area contributed by atoms with E-state index in [2.05, 4.69) is 94.9 Å². The van der Waals surface area contributed by atoms with Crippen LogP contribution in [0.1, 0.15) is 62.8 Å². The van der Waals surface area contributed by atoms with Crippen molar-refractivity contribution in [1.29, 1.82) is 0 Å². The van der Waals surface area contributed by atoms with Crippen LogP contribution < -0.4 is 0 Å².